The molecule has 0 aliphatic heterocycles. The topological polar surface area (TPSA) is 101 Å². The maximum atomic E-state index is 13.1. The molecule has 0 aromatic rings. The van der Waals surface area contributed by atoms with E-state index in [1.807, 2.05) is 39.0 Å². The molecule has 0 saturated heterocycles. The molecule has 31 heavy (non-hydrogen) atoms. The number of rotatable bonds is 3. The molecule has 168 valence electrons. The van der Waals surface area contributed by atoms with Crippen LogP contribution in [-0.2, 0) is 19.1 Å². The normalized spacial score (nSPS) is 47.8. The van der Waals surface area contributed by atoms with Gasteiger partial charge < -0.3 is 14.9 Å². The summed E-state index contributed by atoms with van der Waals surface area (Å²) in [6.07, 6.45) is 8.84. The molecule has 0 radical (unpaired) electrons. The Bertz CT molecular complexity index is 952. The number of carbonyl (C=O) groups is 3. The summed E-state index contributed by atoms with van der Waals surface area (Å²) in [6, 6.07) is 0. The van der Waals surface area contributed by atoms with Crippen LogP contribution in [0.5, 0.6) is 0 Å². The summed E-state index contributed by atoms with van der Waals surface area (Å²) in [5.41, 5.74) is -2.40. The minimum absolute atomic E-state index is 0.0817. The molecule has 0 aromatic carbocycles. The average Bonchev–Trinajstić information content (AvgIpc) is 2.89. The number of hydrogen-bond donors (Lipinski definition) is 2. The molecule has 0 amide bonds. The molecular formula is C24H29BrO6. The number of aliphatic hydroxyl groups excluding tert-OH is 1. The van der Waals surface area contributed by atoms with E-state index in [-0.39, 0.29) is 30.0 Å². The number of ketones is 2. The second kappa shape index (κ2) is 6.96. The Balaban J connectivity index is 1.80. The van der Waals surface area contributed by atoms with Gasteiger partial charge in [-0.3, -0.25) is 14.4 Å². The highest BCUT2D eigenvalue weighted by molar-refractivity contribution is 9.10. The number of aliphatic hydroxyl groups is 2. The maximum absolute atomic E-state index is 13.1. The molecule has 0 spiro atoms. The lowest BCUT2D eigenvalue weighted by Crippen LogP contribution is -2.68. The van der Waals surface area contributed by atoms with E-state index in [0.717, 1.165) is 5.57 Å². The molecule has 0 heterocycles. The Morgan fingerprint density at radius 3 is 2.61 bits per heavy atom. The van der Waals surface area contributed by atoms with Gasteiger partial charge in [-0.05, 0) is 48.3 Å². The zero-order valence-corrected chi connectivity index (χ0v) is 19.8. The van der Waals surface area contributed by atoms with Gasteiger partial charge >= 0.3 is 5.97 Å². The monoisotopic (exact) mass is 492 g/mol. The molecule has 0 unspecified atom stereocenters. The Hall–Kier alpha value is -1.57. The molecule has 6 nitrogen and oxygen atoms in total. The maximum Gasteiger partial charge on any atom is 0.303 e. The van der Waals surface area contributed by atoms with Crippen LogP contribution in [0.2, 0.25) is 0 Å². The minimum Gasteiger partial charge on any atom is -0.458 e. The van der Waals surface area contributed by atoms with Crippen LogP contribution < -0.4 is 0 Å². The average molecular weight is 493 g/mol. The first-order valence-electron chi connectivity index (χ1n) is 10.7. The zero-order valence-electron chi connectivity index (χ0n) is 18.2. The Labute approximate surface area is 190 Å². The van der Waals surface area contributed by atoms with Gasteiger partial charge in [0.25, 0.3) is 0 Å². The lowest BCUT2D eigenvalue weighted by molar-refractivity contribution is -0.177. The fourth-order valence-corrected chi connectivity index (χ4v) is 7.88. The van der Waals surface area contributed by atoms with Crippen molar-refractivity contribution in [2.75, 3.05) is 6.61 Å². The zero-order chi connectivity index (χ0) is 23.0. The van der Waals surface area contributed by atoms with Crippen LogP contribution in [0.3, 0.4) is 0 Å². The molecular weight excluding hydrogens is 464 g/mol. The number of fused-ring (bicyclic) bond motifs is 5. The summed E-state index contributed by atoms with van der Waals surface area (Å²) in [5, 5.41) is 23.3. The fraction of sp³-hybridized carbons (Fsp3) is 0.625. The van der Waals surface area contributed by atoms with E-state index < -0.39 is 45.2 Å². The molecule has 4 aliphatic rings. The van der Waals surface area contributed by atoms with Gasteiger partial charge in [0.2, 0.25) is 5.78 Å². The quantitative estimate of drug-likeness (QED) is 0.463. The molecule has 8 atom stereocenters. The highest BCUT2D eigenvalue weighted by Gasteiger charge is 2.73. The van der Waals surface area contributed by atoms with Crippen molar-refractivity contribution in [2.24, 2.45) is 28.6 Å². The third-order valence-electron chi connectivity index (χ3n) is 8.62. The third-order valence-corrected chi connectivity index (χ3v) is 10.5. The van der Waals surface area contributed by atoms with Crippen molar-refractivity contribution in [1.82, 2.24) is 0 Å². The van der Waals surface area contributed by atoms with Crippen LogP contribution in [0.25, 0.3) is 0 Å². The number of ether oxygens (including phenoxy) is 1. The number of halogens is 1. The van der Waals surface area contributed by atoms with Crippen molar-refractivity contribution in [1.29, 1.82) is 0 Å². The smallest absolute Gasteiger partial charge is 0.303 e. The van der Waals surface area contributed by atoms with Crippen LogP contribution in [0, 0.1) is 28.6 Å². The molecule has 4 aliphatic carbocycles. The summed E-state index contributed by atoms with van der Waals surface area (Å²) in [5.74, 6) is -1.83. The van der Waals surface area contributed by atoms with E-state index in [0.29, 0.717) is 6.42 Å². The first-order valence-corrected chi connectivity index (χ1v) is 11.5. The number of allylic oxidation sites excluding steroid dienone is 6. The van der Waals surface area contributed by atoms with Gasteiger partial charge in [-0.1, -0.05) is 54.9 Å². The fourth-order valence-electron chi connectivity index (χ4n) is 6.88. The predicted molar refractivity (Wildman–Crippen MR) is 117 cm³/mol. The first kappa shape index (κ1) is 22.6. The molecule has 2 fully saturated rings. The second-order valence-electron chi connectivity index (χ2n) is 10.0. The summed E-state index contributed by atoms with van der Waals surface area (Å²) in [4.78, 5) is 36.3. The lowest BCUT2D eigenvalue weighted by atomic mass is 9.47. The lowest BCUT2D eigenvalue weighted by Gasteiger charge is -2.62. The number of carbonyl (C=O) groups excluding carboxylic acids is 3. The molecule has 2 saturated carbocycles. The Morgan fingerprint density at radius 2 is 1.97 bits per heavy atom. The largest absolute Gasteiger partial charge is 0.458 e. The predicted octanol–water partition coefficient (Wildman–Crippen LogP) is 2.67. The number of esters is 1. The molecule has 0 aromatic heterocycles. The highest BCUT2D eigenvalue weighted by Crippen LogP contribution is 2.70. The van der Waals surface area contributed by atoms with Crippen LogP contribution >= 0.6 is 15.9 Å². The molecule has 0 bridgehead atoms. The SMILES string of the molecule is CC(=O)OCC(=O)[C@@]1(O)[C@@H](C)C[C@H]2[C@@H]3C=CC4=CC(=O)C=C[C@]4(C)[C@@]3(Br)[C@@H](O)C[C@@]21C. The van der Waals surface area contributed by atoms with E-state index in [1.54, 1.807) is 12.2 Å². The van der Waals surface area contributed by atoms with E-state index in [4.69, 9.17) is 4.74 Å². The van der Waals surface area contributed by atoms with Crippen LogP contribution in [0.4, 0.5) is 0 Å². The van der Waals surface area contributed by atoms with Gasteiger partial charge in [-0.2, -0.15) is 0 Å². The number of hydrogen-bond acceptors (Lipinski definition) is 6. The van der Waals surface area contributed by atoms with Crippen molar-refractivity contribution in [3.63, 3.8) is 0 Å². The summed E-state index contributed by atoms with van der Waals surface area (Å²) in [7, 11) is 0. The van der Waals surface area contributed by atoms with Crippen molar-refractivity contribution < 1.29 is 29.3 Å². The van der Waals surface area contributed by atoms with Gasteiger partial charge in [0.15, 0.2) is 12.4 Å². The van der Waals surface area contributed by atoms with Gasteiger partial charge in [0, 0.05) is 17.8 Å². The number of alkyl halides is 1. The molecule has 4 rings (SSSR count). The second-order valence-corrected chi connectivity index (χ2v) is 11.4. The molecule has 2 N–H and O–H groups in total. The van der Waals surface area contributed by atoms with E-state index >= 15 is 0 Å². The van der Waals surface area contributed by atoms with E-state index in [1.165, 1.54) is 6.92 Å². The van der Waals surface area contributed by atoms with Crippen LogP contribution in [-0.4, -0.2) is 50.4 Å². The van der Waals surface area contributed by atoms with Gasteiger partial charge in [0.1, 0.15) is 5.60 Å². The van der Waals surface area contributed by atoms with Gasteiger partial charge in [-0.15, -0.1) is 0 Å². The Kier molecular flexibility index (Phi) is 5.08. The van der Waals surface area contributed by atoms with Crippen LogP contribution in [0.1, 0.15) is 40.5 Å². The standard InChI is InChI=1S/C24H29BrO6/c1-13-9-18-17-6-5-15-10-16(27)7-8-21(15,3)23(17,25)19(28)11-22(18,4)24(13,30)20(29)12-31-14(2)26/h5-8,10,13,17-19,28,30H,9,11-12H2,1-4H3/t13-,17-,18-,19-,21-,22-,23-,24-/m0/s1. The minimum atomic E-state index is -1.72. The molecule has 7 heteroatoms. The van der Waals surface area contributed by atoms with Gasteiger partial charge in [-0.25, -0.2) is 0 Å². The summed E-state index contributed by atoms with van der Waals surface area (Å²) >= 11 is 3.92. The van der Waals surface area contributed by atoms with Gasteiger partial charge in [0.05, 0.1) is 10.4 Å². The van der Waals surface area contributed by atoms with Crippen LogP contribution in [0.15, 0.2) is 36.0 Å². The van der Waals surface area contributed by atoms with Crippen molar-refractivity contribution in [3.8, 4) is 0 Å². The van der Waals surface area contributed by atoms with Crippen molar-refractivity contribution in [2.45, 2.75) is 56.6 Å². The van der Waals surface area contributed by atoms with Crippen molar-refractivity contribution in [3.05, 3.63) is 36.0 Å². The third kappa shape index (κ3) is 2.72. The van der Waals surface area contributed by atoms with E-state index in [2.05, 4.69) is 15.9 Å². The highest BCUT2D eigenvalue weighted by atomic mass is 79.9. The number of Topliss-reactive ketones (excluding diaryl/α,β-unsaturated/α-hetero) is 1. The Morgan fingerprint density at radius 1 is 1.29 bits per heavy atom. The van der Waals surface area contributed by atoms with E-state index in [9.17, 15) is 24.6 Å². The summed E-state index contributed by atoms with van der Waals surface area (Å²) < 4.78 is 4.14. The first-order chi connectivity index (χ1) is 14.3. The van der Waals surface area contributed by atoms with Crippen molar-refractivity contribution >= 4 is 33.5 Å². The summed E-state index contributed by atoms with van der Waals surface area (Å²) in [6.45, 7) is 6.46.